The van der Waals surface area contributed by atoms with Gasteiger partial charge in [-0.05, 0) is 56.3 Å². The van der Waals surface area contributed by atoms with E-state index in [1.54, 1.807) is 23.3 Å². The number of carbonyl (C=O) groups excluding carboxylic acids is 1. The fourth-order valence-electron chi connectivity index (χ4n) is 5.16. The number of hydrogen-bond acceptors (Lipinski definition) is 10. The number of aromatic nitrogens is 1. The molecule has 3 aromatic rings. The first kappa shape index (κ1) is 29.2. The highest BCUT2D eigenvalue weighted by molar-refractivity contribution is 7.16. The lowest BCUT2D eigenvalue weighted by Gasteiger charge is -2.34. The van der Waals surface area contributed by atoms with E-state index in [2.05, 4.69) is 31.5 Å². The molecule has 4 heterocycles. The number of rotatable bonds is 7. The van der Waals surface area contributed by atoms with Gasteiger partial charge < -0.3 is 30.6 Å². The van der Waals surface area contributed by atoms with E-state index in [-0.39, 0.29) is 11.6 Å². The lowest BCUT2D eigenvalue weighted by molar-refractivity contribution is -0.137. The second-order valence-corrected chi connectivity index (χ2v) is 11.9. The zero-order chi connectivity index (χ0) is 30.1. The topological polar surface area (TPSA) is 97.0 Å². The highest BCUT2D eigenvalue weighted by Gasteiger charge is 2.33. The van der Waals surface area contributed by atoms with Crippen LogP contribution in [0.5, 0.6) is 0 Å². The van der Waals surface area contributed by atoms with Crippen molar-refractivity contribution in [3.63, 3.8) is 0 Å². The fourth-order valence-corrected chi connectivity index (χ4v) is 6.02. The summed E-state index contributed by atoms with van der Waals surface area (Å²) in [5.74, 6) is -0.614. The van der Waals surface area contributed by atoms with Gasteiger partial charge in [0.2, 0.25) is 0 Å². The summed E-state index contributed by atoms with van der Waals surface area (Å²) in [6, 6.07) is 9.16. The predicted molar refractivity (Wildman–Crippen MR) is 162 cm³/mol. The SMILES string of the molecule is Cc1ccc(NC(=O)c2cc(N3CCN(C)CC3)cc(C(F)(F)F)c2)cc1N1C=C(c2cnc(NC3CCOC3)s2)NN1. The van der Waals surface area contributed by atoms with Crippen LogP contribution in [0.25, 0.3) is 5.70 Å². The van der Waals surface area contributed by atoms with E-state index in [4.69, 9.17) is 4.74 Å². The number of ether oxygens (including phenoxy) is 1. The van der Waals surface area contributed by atoms with Gasteiger partial charge in [-0.3, -0.25) is 9.80 Å². The maximum atomic E-state index is 13.8. The third kappa shape index (κ3) is 6.72. The Hall–Kier alpha value is -3.85. The first-order chi connectivity index (χ1) is 20.6. The lowest BCUT2D eigenvalue weighted by Crippen LogP contribution is -2.44. The van der Waals surface area contributed by atoms with Crippen LogP contribution in [-0.2, 0) is 10.9 Å². The number of anilines is 4. The second kappa shape index (κ2) is 12.0. The van der Waals surface area contributed by atoms with Crippen LogP contribution in [-0.4, -0.2) is 68.3 Å². The second-order valence-electron chi connectivity index (χ2n) is 10.9. The third-order valence-corrected chi connectivity index (χ3v) is 8.66. The zero-order valence-corrected chi connectivity index (χ0v) is 24.6. The Labute approximate surface area is 251 Å². The van der Waals surface area contributed by atoms with Gasteiger partial charge >= 0.3 is 6.18 Å². The van der Waals surface area contributed by atoms with E-state index in [9.17, 15) is 18.0 Å². The minimum Gasteiger partial charge on any atom is -0.379 e. The molecule has 1 atom stereocenters. The first-order valence-corrected chi connectivity index (χ1v) is 14.8. The van der Waals surface area contributed by atoms with Crippen molar-refractivity contribution in [3.05, 3.63) is 70.4 Å². The Morgan fingerprint density at radius 1 is 1.14 bits per heavy atom. The highest BCUT2D eigenvalue weighted by atomic mass is 32.1. The molecule has 6 rings (SSSR count). The molecule has 2 fully saturated rings. The molecule has 0 spiro atoms. The van der Waals surface area contributed by atoms with Gasteiger partial charge in [-0.1, -0.05) is 17.4 Å². The summed E-state index contributed by atoms with van der Waals surface area (Å²) in [5, 5.41) is 8.79. The maximum Gasteiger partial charge on any atom is 0.416 e. The van der Waals surface area contributed by atoms with Crippen LogP contribution in [0.3, 0.4) is 0 Å². The van der Waals surface area contributed by atoms with E-state index in [0.717, 1.165) is 65.2 Å². The van der Waals surface area contributed by atoms with E-state index in [0.29, 0.717) is 31.1 Å². The zero-order valence-electron chi connectivity index (χ0n) is 23.8. The van der Waals surface area contributed by atoms with Crippen molar-refractivity contribution < 1.29 is 22.7 Å². The Kier molecular flexibility index (Phi) is 8.18. The quantitative estimate of drug-likeness (QED) is 0.307. The molecule has 10 nitrogen and oxygen atoms in total. The van der Waals surface area contributed by atoms with Crippen molar-refractivity contribution in [1.29, 1.82) is 0 Å². The average molecular weight is 615 g/mol. The first-order valence-electron chi connectivity index (χ1n) is 14.0. The van der Waals surface area contributed by atoms with Crippen LogP contribution < -0.4 is 31.5 Å². The van der Waals surface area contributed by atoms with Gasteiger partial charge in [-0.2, -0.15) is 13.2 Å². The van der Waals surface area contributed by atoms with E-state index >= 15 is 0 Å². The number of halogens is 3. The number of benzene rings is 2. The van der Waals surface area contributed by atoms with Gasteiger partial charge in [0, 0.05) is 62.1 Å². The summed E-state index contributed by atoms with van der Waals surface area (Å²) < 4.78 is 46.8. The monoisotopic (exact) mass is 614 g/mol. The minimum absolute atomic E-state index is 0.0483. The van der Waals surface area contributed by atoms with Gasteiger partial charge in [0.15, 0.2) is 5.13 Å². The normalized spacial score (nSPS) is 19.4. The van der Waals surface area contributed by atoms with Crippen molar-refractivity contribution in [2.45, 2.75) is 25.6 Å². The fraction of sp³-hybridized carbons (Fsp3) is 0.379. The molecule has 4 N–H and O–H groups in total. The molecule has 2 saturated heterocycles. The standard InChI is InChI=1S/C29H33F3N8O2S/c1-18-3-4-21(14-25(18)40-16-24(36-37-40)26-15-33-28(43-26)35-22-5-10-42-17-22)34-27(41)19-11-20(29(30,31)32)13-23(12-19)39-8-6-38(2)7-9-39/h3-4,11-16,22,36-37H,5-10,17H2,1-2H3,(H,33,35)(H,34,41). The number of nitrogens with zero attached hydrogens (tertiary/aromatic N) is 4. The molecule has 1 amide bonds. The van der Waals surface area contributed by atoms with Crippen LogP contribution in [0.4, 0.5) is 35.4 Å². The molecular formula is C29H33F3N8O2S. The molecule has 0 saturated carbocycles. The summed E-state index contributed by atoms with van der Waals surface area (Å²) in [6.07, 6.45) is 0.0519. The molecule has 2 aromatic carbocycles. The smallest absolute Gasteiger partial charge is 0.379 e. The number of thiazole rings is 1. The average Bonchev–Trinajstić information content (AvgIpc) is 3.77. The molecule has 1 aromatic heterocycles. The van der Waals surface area contributed by atoms with Crippen LogP contribution in [0.2, 0.25) is 0 Å². The van der Waals surface area contributed by atoms with Gasteiger partial charge in [0.05, 0.1) is 34.5 Å². The number of alkyl halides is 3. The van der Waals surface area contributed by atoms with Gasteiger partial charge in [0.1, 0.15) is 0 Å². The maximum absolute atomic E-state index is 13.8. The summed E-state index contributed by atoms with van der Waals surface area (Å²) in [5.41, 5.74) is 8.72. The summed E-state index contributed by atoms with van der Waals surface area (Å²) in [7, 11) is 1.98. The number of hydrogen-bond donors (Lipinski definition) is 4. The van der Waals surface area contributed by atoms with Gasteiger partial charge in [-0.15, -0.1) is 5.53 Å². The molecular weight excluding hydrogens is 581 g/mol. The number of likely N-dealkylation sites (N-methyl/N-ethyl adjacent to an activating group) is 1. The van der Waals surface area contributed by atoms with Crippen molar-refractivity contribution in [2.24, 2.45) is 0 Å². The van der Waals surface area contributed by atoms with E-state index in [1.807, 2.05) is 31.1 Å². The molecule has 3 aliphatic heterocycles. The molecule has 14 heteroatoms. The third-order valence-electron chi connectivity index (χ3n) is 7.70. The van der Waals surface area contributed by atoms with Crippen molar-refractivity contribution in [2.75, 3.05) is 67.0 Å². The summed E-state index contributed by atoms with van der Waals surface area (Å²) in [4.78, 5) is 22.7. The van der Waals surface area contributed by atoms with Crippen molar-refractivity contribution in [1.82, 2.24) is 20.8 Å². The van der Waals surface area contributed by atoms with Crippen molar-refractivity contribution in [3.8, 4) is 0 Å². The summed E-state index contributed by atoms with van der Waals surface area (Å²) in [6.45, 7) is 5.98. The van der Waals surface area contributed by atoms with E-state index < -0.39 is 17.6 Å². The molecule has 0 radical (unpaired) electrons. The van der Waals surface area contributed by atoms with Gasteiger partial charge in [0.25, 0.3) is 5.91 Å². The molecule has 3 aliphatic rings. The number of hydrazine groups is 2. The van der Waals surface area contributed by atoms with Crippen LogP contribution >= 0.6 is 11.3 Å². The molecule has 1 unspecified atom stereocenters. The predicted octanol–water partition coefficient (Wildman–Crippen LogP) is 4.50. The molecule has 0 aliphatic carbocycles. The number of aryl methyl sites for hydroxylation is 1. The van der Waals surface area contributed by atoms with Crippen LogP contribution in [0.1, 0.15) is 32.8 Å². The van der Waals surface area contributed by atoms with Crippen LogP contribution in [0.15, 0.2) is 48.8 Å². The Morgan fingerprint density at radius 3 is 2.70 bits per heavy atom. The highest BCUT2D eigenvalue weighted by Crippen LogP contribution is 2.34. The minimum atomic E-state index is -4.58. The Balaban J connectivity index is 1.19. The molecule has 0 bridgehead atoms. The summed E-state index contributed by atoms with van der Waals surface area (Å²) >= 11 is 1.52. The Morgan fingerprint density at radius 2 is 1.95 bits per heavy atom. The molecule has 43 heavy (non-hydrogen) atoms. The Bertz CT molecular complexity index is 1510. The number of piperazine rings is 1. The number of carbonyl (C=O) groups is 1. The largest absolute Gasteiger partial charge is 0.416 e. The van der Waals surface area contributed by atoms with E-state index in [1.165, 1.54) is 17.4 Å². The molecule has 228 valence electrons. The number of amides is 1. The number of nitrogens with one attached hydrogen (secondary N) is 4. The lowest BCUT2D eigenvalue weighted by atomic mass is 10.1. The van der Waals surface area contributed by atoms with Gasteiger partial charge in [-0.25, -0.2) is 4.98 Å². The van der Waals surface area contributed by atoms with Crippen LogP contribution in [0, 0.1) is 6.92 Å². The van der Waals surface area contributed by atoms with Crippen molar-refractivity contribution >= 4 is 45.1 Å².